The van der Waals surface area contributed by atoms with E-state index in [0.29, 0.717) is 24.9 Å². The zero-order valence-electron chi connectivity index (χ0n) is 7.28. The standard InChI is InChI=1S/C7H13N3O2/c1-3-11-4-6-9-7(5(2)8)10-12-6/h5H,3-4,8H2,1-2H3. The fraction of sp³-hybridized carbons (Fsp3) is 0.714. The maximum atomic E-state index is 5.53. The van der Waals surface area contributed by atoms with E-state index < -0.39 is 0 Å². The van der Waals surface area contributed by atoms with Crippen LogP contribution in [0.25, 0.3) is 0 Å². The molecule has 1 heterocycles. The highest BCUT2D eigenvalue weighted by Crippen LogP contribution is 2.05. The normalized spacial score (nSPS) is 13.2. The van der Waals surface area contributed by atoms with E-state index in [-0.39, 0.29) is 6.04 Å². The molecule has 5 nitrogen and oxygen atoms in total. The Morgan fingerprint density at radius 2 is 2.42 bits per heavy atom. The molecule has 0 aliphatic heterocycles. The van der Waals surface area contributed by atoms with Crippen molar-refractivity contribution >= 4 is 0 Å². The maximum absolute atomic E-state index is 5.53. The van der Waals surface area contributed by atoms with Crippen LogP contribution in [0.4, 0.5) is 0 Å². The van der Waals surface area contributed by atoms with Gasteiger partial charge in [0.25, 0.3) is 5.89 Å². The molecule has 1 atom stereocenters. The zero-order valence-corrected chi connectivity index (χ0v) is 7.28. The Hall–Kier alpha value is -0.940. The van der Waals surface area contributed by atoms with Gasteiger partial charge in [-0.25, -0.2) is 0 Å². The highest BCUT2D eigenvalue weighted by Gasteiger charge is 2.08. The van der Waals surface area contributed by atoms with Crippen LogP contribution in [0.5, 0.6) is 0 Å². The van der Waals surface area contributed by atoms with Gasteiger partial charge in [-0.3, -0.25) is 0 Å². The van der Waals surface area contributed by atoms with Crippen LogP contribution in [0.2, 0.25) is 0 Å². The number of hydrogen-bond acceptors (Lipinski definition) is 5. The Morgan fingerprint density at radius 3 is 2.92 bits per heavy atom. The van der Waals surface area contributed by atoms with Crippen molar-refractivity contribution in [2.45, 2.75) is 26.5 Å². The van der Waals surface area contributed by atoms with Gasteiger partial charge in [0, 0.05) is 6.61 Å². The van der Waals surface area contributed by atoms with Gasteiger partial charge in [-0.05, 0) is 13.8 Å². The molecule has 1 aromatic rings. The fourth-order valence-corrected chi connectivity index (χ4v) is 0.701. The molecule has 0 aliphatic carbocycles. The predicted molar refractivity (Wildman–Crippen MR) is 42.2 cm³/mol. The van der Waals surface area contributed by atoms with Gasteiger partial charge in [0.1, 0.15) is 6.61 Å². The largest absolute Gasteiger partial charge is 0.372 e. The van der Waals surface area contributed by atoms with E-state index in [9.17, 15) is 0 Å². The summed E-state index contributed by atoms with van der Waals surface area (Å²) in [6.07, 6.45) is 0. The molecule has 0 bridgehead atoms. The van der Waals surface area contributed by atoms with E-state index in [1.165, 1.54) is 0 Å². The van der Waals surface area contributed by atoms with Crippen molar-refractivity contribution in [3.05, 3.63) is 11.7 Å². The minimum Gasteiger partial charge on any atom is -0.372 e. The molecule has 1 aromatic heterocycles. The first-order valence-corrected chi connectivity index (χ1v) is 3.89. The summed E-state index contributed by atoms with van der Waals surface area (Å²) in [7, 11) is 0. The Kier molecular flexibility index (Phi) is 3.19. The van der Waals surface area contributed by atoms with Crippen LogP contribution in [0.1, 0.15) is 31.6 Å². The minimum atomic E-state index is -0.191. The lowest BCUT2D eigenvalue weighted by molar-refractivity contribution is 0.109. The molecule has 2 N–H and O–H groups in total. The van der Waals surface area contributed by atoms with E-state index in [0.717, 1.165) is 0 Å². The first-order chi connectivity index (χ1) is 5.74. The van der Waals surface area contributed by atoms with Crippen LogP contribution in [0.3, 0.4) is 0 Å². The van der Waals surface area contributed by atoms with Crippen molar-refractivity contribution in [3.63, 3.8) is 0 Å². The van der Waals surface area contributed by atoms with Crippen LogP contribution in [-0.4, -0.2) is 16.7 Å². The molecule has 1 unspecified atom stereocenters. The second-order valence-corrected chi connectivity index (χ2v) is 2.47. The Bertz CT molecular complexity index is 234. The lowest BCUT2D eigenvalue weighted by Crippen LogP contribution is -2.06. The van der Waals surface area contributed by atoms with E-state index in [2.05, 4.69) is 10.1 Å². The Morgan fingerprint density at radius 1 is 1.67 bits per heavy atom. The van der Waals surface area contributed by atoms with E-state index >= 15 is 0 Å². The summed E-state index contributed by atoms with van der Waals surface area (Å²) < 4.78 is 9.94. The number of ether oxygens (including phenoxy) is 1. The Balaban J connectivity index is 2.52. The van der Waals surface area contributed by atoms with Crippen LogP contribution in [-0.2, 0) is 11.3 Å². The monoisotopic (exact) mass is 171 g/mol. The second kappa shape index (κ2) is 4.18. The average Bonchev–Trinajstić information content (AvgIpc) is 2.48. The first-order valence-electron chi connectivity index (χ1n) is 3.89. The van der Waals surface area contributed by atoms with Crippen LogP contribution >= 0.6 is 0 Å². The molecule has 1 rings (SSSR count). The van der Waals surface area contributed by atoms with E-state index in [1.807, 2.05) is 6.92 Å². The molecule has 0 saturated heterocycles. The Labute approximate surface area is 70.9 Å². The van der Waals surface area contributed by atoms with Gasteiger partial charge in [-0.15, -0.1) is 0 Å². The van der Waals surface area contributed by atoms with Gasteiger partial charge in [-0.2, -0.15) is 4.98 Å². The molecule has 68 valence electrons. The first kappa shape index (κ1) is 9.15. The molecule has 12 heavy (non-hydrogen) atoms. The second-order valence-electron chi connectivity index (χ2n) is 2.47. The summed E-state index contributed by atoms with van der Waals surface area (Å²) in [4.78, 5) is 4.02. The minimum absolute atomic E-state index is 0.191. The lowest BCUT2D eigenvalue weighted by Gasteiger charge is -1.94. The molecular weight excluding hydrogens is 158 g/mol. The highest BCUT2D eigenvalue weighted by molar-refractivity contribution is 4.89. The third-order valence-electron chi connectivity index (χ3n) is 1.32. The summed E-state index contributed by atoms with van der Waals surface area (Å²) in [5.74, 6) is 0.994. The van der Waals surface area contributed by atoms with E-state index in [1.54, 1.807) is 6.92 Å². The summed E-state index contributed by atoms with van der Waals surface area (Å²) in [6, 6.07) is -0.191. The van der Waals surface area contributed by atoms with Gasteiger partial charge in [0.2, 0.25) is 0 Å². The predicted octanol–water partition coefficient (Wildman–Crippen LogP) is 0.626. The van der Waals surface area contributed by atoms with Gasteiger partial charge in [0.05, 0.1) is 6.04 Å². The fourth-order valence-electron chi connectivity index (χ4n) is 0.701. The quantitative estimate of drug-likeness (QED) is 0.719. The summed E-state index contributed by atoms with van der Waals surface area (Å²) in [6.45, 7) is 4.70. The molecule has 0 spiro atoms. The van der Waals surface area contributed by atoms with Gasteiger partial charge in [0.15, 0.2) is 5.82 Å². The molecule has 0 aliphatic rings. The zero-order chi connectivity index (χ0) is 8.97. The molecular formula is C7H13N3O2. The SMILES string of the molecule is CCOCc1nc(C(C)N)no1. The molecule has 5 heteroatoms. The van der Waals surface area contributed by atoms with Crippen molar-refractivity contribution in [1.82, 2.24) is 10.1 Å². The van der Waals surface area contributed by atoms with Gasteiger partial charge >= 0.3 is 0 Å². The number of rotatable bonds is 4. The van der Waals surface area contributed by atoms with Crippen molar-refractivity contribution in [3.8, 4) is 0 Å². The van der Waals surface area contributed by atoms with Crippen LogP contribution < -0.4 is 5.73 Å². The molecule has 0 radical (unpaired) electrons. The van der Waals surface area contributed by atoms with Crippen molar-refractivity contribution in [1.29, 1.82) is 0 Å². The van der Waals surface area contributed by atoms with Gasteiger partial charge in [-0.1, -0.05) is 5.16 Å². The third kappa shape index (κ3) is 2.28. The topological polar surface area (TPSA) is 74.2 Å². The molecule has 0 amide bonds. The summed E-state index contributed by atoms with van der Waals surface area (Å²) in [5, 5.41) is 3.68. The summed E-state index contributed by atoms with van der Waals surface area (Å²) >= 11 is 0. The third-order valence-corrected chi connectivity index (χ3v) is 1.32. The number of nitrogens with zero attached hydrogens (tertiary/aromatic N) is 2. The average molecular weight is 171 g/mol. The molecule has 0 saturated carbocycles. The molecule has 0 aromatic carbocycles. The van der Waals surface area contributed by atoms with Crippen LogP contribution in [0, 0.1) is 0 Å². The van der Waals surface area contributed by atoms with Crippen molar-refractivity contribution in [2.75, 3.05) is 6.61 Å². The highest BCUT2D eigenvalue weighted by atomic mass is 16.5. The van der Waals surface area contributed by atoms with Gasteiger partial charge < -0.3 is 15.0 Å². The van der Waals surface area contributed by atoms with Crippen LogP contribution in [0.15, 0.2) is 4.52 Å². The number of aromatic nitrogens is 2. The maximum Gasteiger partial charge on any atom is 0.252 e. The lowest BCUT2D eigenvalue weighted by atomic mass is 10.3. The van der Waals surface area contributed by atoms with Crippen molar-refractivity contribution < 1.29 is 9.26 Å². The smallest absolute Gasteiger partial charge is 0.252 e. The molecule has 0 fully saturated rings. The number of nitrogens with two attached hydrogens (primary N) is 1. The summed E-state index contributed by atoms with van der Waals surface area (Å²) in [5.41, 5.74) is 5.53. The van der Waals surface area contributed by atoms with E-state index in [4.69, 9.17) is 15.0 Å². The van der Waals surface area contributed by atoms with Crippen molar-refractivity contribution in [2.24, 2.45) is 5.73 Å². The number of hydrogen-bond donors (Lipinski definition) is 1.